The summed E-state index contributed by atoms with van der Waals surface area (Å²) >= 11 is 0. The number of para-hydroxylation sites is 4. The first-order valence-electron chi connectivity index (χ1n) is 15.6. The lowest BCUT2D eigenvalue weighted by atomic mass is 10.0. The Morgan fingerprint density at radius 1 is 0.326 bits per heavy atom. The molecule has 9 rings (SSSR count). The van der Waals surface area contributed by atoms with Gasteiger partial charge in [0.15, 0.2) is 8.07 Å². The summed E-state index contributed by atoms with van der Waals surface area (Å²) in [4.78, 5) is 2.35. The zero-order chi connectivity index (χ0) is 30.5. The predicted molar refractivity (Wildman–Crippen MR) is 190 cm³/mol. The van der Waals surface area contributed by atoms with Crippen LogP contribution >= 0.6 is 0 Å². The van der Waals surface area contributed by atoms with Gasteiger partial charge in [0, 0.05) is 17.1 Å². The fraction of sp³-hybridized carbons (Fsp3) is 0. The van der Waals surface area contributed by atoms with E-state index in [1.165, 1.54) is 31.9 Å². The van der Waals surface area contributed by atoms with E-state index in [-0.39, 0.29) is 0 Å². The third-order valence-electron chi connectivity index (χ3n) is 9.16. The van der Waals surface area contributed by atoms with Gasteiger partial charge >= 0.3 is 0 Å². The second-order valence-corrected chi connectivity index (χ2v) is 15.4. The highest BCUT2D eigenvalue weighted by molar-refractivity contribution is 7.21. The molecular formula is C42H29NO2Si. The molecule has 2 aliphatic heterocycles. The Balaban J connectivity index is 1.32. The van der Waals surface area contributed by atoms with E-state index in [1.54, 1.807) is 0 Å². The predicted octanol–water partition coefficient (Wildman–Crippen LogP) is 8.41. The quantitative estimate of drug-likeness (QED) is 0.188. The van der Waals surface area contributed by atoms with Gasteiger partial charge in [0.1, 0.15) is 23.0 Å². The van der Waals surface area contributed by atoms with E-state index in [0.29, 0.717) is 0 Å². The number of anilines is 3. The smallest absolute Gasteiger partial charge is 0.196 e. The van der Waals surface area contributed by atoms with Gasteiger partial charge < -0.3 is 14.4 Å². The number of nitrogens with zero attached hydrogens (tertiary/aromatic N) is 1. The first-order chi connectivity index (χ1) is 22.8. The number of benzene rings is 7. The van der Waals surface area contributed by atoms with E-state index in [9.17, 15) is 0 Å². The number of ether oxygens (including phenoxy) is 2. The second-order valence-electron chi connectivity index (χ2n) is 11.7. The van der Waals surface area contributed by atoms with Gasteiger partial charge in [-0.2, -0.15) is 0 Å². The molecule has 0 aliphatic carbocycles. The normalized spacial score (nSPS) is 13.3. The van der Waals surface area contributed by atoms with Crippen molar-refractivity contribution in [2.45, 2.75) is 0 Å². The maximum Gasteiger partial charge on any atom is 0.196 e. The van der Waals surface area contributed by atoms with Crippen molar-refractivity contribution in [3.8, 4) is 34.1 Å². The molecule has 7 aromatic rings. The molecule has 0 fully saturated rings. The molecule has 3 nitrogen and oxygen atoms in total. The van der Waals surface area contributed by atoms with Crippen LogP contribution in [0.15, 0.2) is 176 Å². The lowest BCUT2D eigenvalue weighted by Crippen LogP contribution is -2.77. The van der Waals surface area contributed by atoms with Crippen LogP contribution in [-0.2, 0) is 0 Å². The molecule has 4 heteroatoms. The van der Waals surface area contributed by atoms with Crippen LogP contribution in [0, 0.1) is 0 Å². The van der Waals surface area contributed by atoms with E-state index < -0.39 is 8.07 Å². The van der Waals surface area contributed by atoms with E-state index in [2.05, 4.69) is 181 Å². The fourth-order valence-electron chi connectivity index (χ4n) is 7.22. The van der Waals surface area contributed by atoms with Gasteiger partial charge in [-0.05, 0) is 92.5 Å². The van der Waals surface area contributed by atoms with E-state index in [1.807, 2.05) is 0 Å². The molecule has 0 saturated carbocycles. The van der Waals surface area contributed by atoms with Crippen molar-refractivity contribution >= 4 is 45.9 Å². The van der Waals surface area contributed by atoms with Crippen LogP contribution in [0.2, 0.25) is 0 Å². The number of fused-ring (bicyclic) bond motifs is 8. The van der Waals surface area contributed by atoms with Crippen molar-refractivity contribution in [1.29, 1.82) is 0 Å². The molecule has 0 aromatic heterocycles. The standard InChI is InChI=1S/C42H29NO2Si/c1-3-14-30(15-4-1)31-16-13-19-33(28-31)43(32-17-5-2-6-18-32)34-26-27-38-42(29-34)46(41-25-12-9-22-37(41)45-38)39-23-10-7-20-35(39)44-36-21-8-11-24-40(36)46/h1-29H. The Morgan fingerprint density at radius 2 is 0.783 bits per heavy atom. The number of hydrogen-bond acceptors (Lipinski definition) is 3. The van der Waals surface area contributed by atoms with Crippen LogP contribution < -0.4 is 35.1 Å². The molecule has 0 radical (unpaired) electrons. The van der Waals surface area contributed by atoms with Crippen LogP contribution in [0.5, 0.6) is 23.0 Å². The first-order valence-corrected chi connectivity index (χ1v) is 17.6. The van der Waals surface area contributed by atoms with Crippen molar-refractivity contribution in [2.24, 2.45) is 0 Å². The molecule has 7 aromatic carbocycles. The van der Waals surface area contributed by atoms with Gasteiger partial charge in [0.2, 0.25) is 0 Å². The van der Waals surface area contributed by atoms with Gasteiger partial charge in [0.05, 0.1) is 0 Å². The van der Waals surface area contributed by atoms with Crippen molar-refractivity contribution in [2.75, 3.05) is 4.90 Å². The minimum absolute atomic E-state index is 0.895. The summed E-state index contributed by atoms with van der Waals surface area (Å²) in [5.74, 6) is 3.64. The van der Waals surface area contributed by atoms with Crippen LogP contribution in [-0.4, -0.2) is 8.07 Å². The maximum absolute atomic E-state index is 6.73. The summed E-state index contributed by atoms with van der Waals surface area (Å²) in [6.45, 7) is 0. The first kappa shape index (κ1) is 26.5. The van der Waals surface area contributed by atoms with Crippen LogP contribution in [0.25, 0.3) is 11.1 Å². The highest BCUT2D eigenvalue weighted by Gasteiger charge is 2.53. The highest BCUT2D eigenvalue weighted by atomic mass is 28.3. The summed E-state index contributed by atoms with van der Waals surface area (Å²) in [5, 5.41) is 4.92. The molecule has 218 valence electrons. The highest BCUT2D eigenvalue weighted by Crippen LogP contribution is 2.40. The molecule has 0 amide bonds. The minimum Gasteiger partial charge on any atom is -0.458 e. The topological polar surface area (TPSA) is 21.7 Å². The monoisotopic (exact) mass is 607 g/mol. The average molecular weight is 608 g/mol. The van der Waals surface area contributed by atoms with Gasteiger partial charge in [-0.25, -0.2) is 0 Å². The average Bonchev–Trinajstić information content (AvgIpc) is 3.13. The molecule has 0 bridgehead atoms. The summed E-state index contributed by atoms with van der Waals surface area (Å²) in [5.41, 5.74) is 5.62. The van der Waals surface area contributed by atoms with Crippen molar-refractivity contribution in [1.82, 2.24) is 0 Å². The largest absolute Gasteiger partial charge is 0.458 e. The third kappa shape index (κ3) is 4.04. The second kappa shape index (κ2) is 10.7. The summed E-state index contributed by atoms with van der Waals surface area (Å²) in [7, 11) is -2.87. The SMILES string of the molecule is c1ccc(-c2cccc(N(c3ccccc3)c3ccc4c(c3)[Si]3(c5ccccc5Oc5ccccc53)c3ccccc3O4)c2)cc1. The fourth-order valence-corrected chi connectivity index (χ4v) is 12.4. The van der Waals surface area contributed by atoms with Crippen molar-refractivity contribution in [3.05, 3.63) is 176 Å². The Bertz CT molecular complexity index is 2130. The lowest BCUT2D eigenvalue weighted by molar-refractivity contribution is 0.481. The number of rotatable bonds is 4. The maximum atomic E-state index is 6.73. The van der Waals surface area contributed by atoms with E-state index in [4.69, 9.17) is 9.47 Å². The summed E-state index contributed by atoms with van der Waals surface area (Å²) in [6, 6.07) is 62.4. The molecule has 0 unspecified atom stereocenters. The summed E-state index contributed by atoms with van der Waals surface area (Å²) in [6.07, 6.45) is 0. The molecule has 0 N–H and O–H groups in total. The van der Waals surface area contributed by atoms with E-state index in [0.717, 1.165) is 40.1 Å². The molecule has 46 heavy (non-hydrogen) atoms. The lowest BCUT2D eigenvalue weighted by Gasteiger charge is -2.43. The molecule has 2 aliphatic rings. The Labute approximate surface area is 269 Å². The van der Waals surface area contributed by atoms with Crippen molar-refractivity contribution in [3.63, 3.8) is 0 Å². The Kier molecular flexibility index (Phi) is 6.15. The molecule has 2 heterocycles. The van der Waals surface area contributed by atoms with Crippen LogP contribution in [0.1, 0.15) is 0 Å². The summed E-state index contributed by atoms with van der Waals surface area (Å²) < 4.78 is 13.3. The third-order valence-corrected chi connectivity index (χ3v) is 14.0. The number of hydrogen-bond donors (Lipinski definition) is 0. The van der Waals surface area contributed by atoms with Gasteiger partial charge in [0.25, 0.3) is 0 Å². The van der Waals surface area contributed by atoms with Crippen LogP contribution in [0.3, 0.4) is 0 Å². The van der Waals surface area contributed by atoms with Gasteiger partial charge in [-0.3, -0.25) is 0 Å². The molecule has 0 atom stereocenters. The molecular weight excluding hydrogens is 579 g/mol. The Morgan fingerprint density at radius 3 is 1.39 bits per heavy atom. The van der Waals surface area contributed by atoms with Gasteiger partial charge in [-0.1, -0.05) is 115 Å². The Hall–Kier alpha value is -5.84. The van der Waals surface area contributed by atoms with E-state index >= 15 is 0 Å². The van der Waals surface area contributed by atoms with Crippen LogP contribution in [0.4, 0.5) is 17.1 Å². The van der Waals surface area contributed by atoms with Gasteiger partial charge in [-0.15, -0.1) is 0 Å². The van der Waals surface area contributed by atoms with Crippen molar-refractivity contribution < 1.29 is 9.47 Å². The molecule has 1 spiro atoms. The molecule has 0 saturated heterocycles. The minimum atomic E-state index is -2.87. The zero-order valence-electron chi connectivity index (χ0n) is 25.0. The zero-order valence-corrected chi connectivity index (χ0v) is 26.0.